The summed E-state index contributed by atoms with van der Waals surface area (Å²) >= 11 is 0. The molecule has 0 radical (unpaired) electrons. The molecule has 0 aliphatic carbocycles. The van der Waals surface area contributed by atoms with Gasteiger partial charge in [-0.3, -0.25) is 0 Å². The van der Waals surface area contributed by atoms with Crippen molar-refractivity contribution >= 4 is 10.1 Å². The van der Waals surface area contributed by atoms with E-state index in [0.717, 1.165) is 6.07 Å². The van der Waals surface area contributed by atoms with Crippen molar-refractivity contribution in [3.05, 3.63) is 48.5 Å². The fourth-order valence-electron chi connectivity index (χ4n) is 1.68. The molecule has 0 aliphatic heterocycles. The van der Waals surface area contributed by atoms with Gasteiger partial charge in [-0.2, -0.15) is 21.6 Å². The van der Waals surface area contributed by atoms with Gasteiger partial charge >= 0.3 is 15.6 Å². The molecular weight excluding hydrogens is 321 g/mol. The largest absolute Gasteiger partial charge is 0.534 e. The lowest BCUT2D eigenvalue weighted by atomic mass is 10.1. The van der Waals surface area contributed by atoms with Gasteiger partial charge < -0.3 is 8.92 Å². The third kappa shape index (κ3) is 3.51. The summed E-state index contributed by atoms with van der Waals surface area (Å²) in [5.41, 5.74) is -4.28. The highest BCUT2D eigenvalue weighted by Crippen LogP contribution is 2.30. The van der Waals surface area contributed by atoms with Crippen LogP contribution in [0.15, 0.2) is 48.5 Å². The summed E-state index contributed by atoms with van der Waals surface area (Å²) in [6, 6.07) is 12.1. The molecule has 0 fully saturated rings. The smallest absolute Gasteiger partial charge is 0.497 e. The van der Waals surface area contributed by atoms with E-state index >= 15 is 0 Å². The standard InChI is InChI=1S/C14H11F3O4S/c1-20-12-7-5-10(6-8-12)11-3-2-4-13(9-11)21-22(18,19)14(15,16)17/h2-9H,1H3. The number of rotatable bonds is 4. The van der Waals surface area contributed by atoms with E-state index in [9.17, 15) is 21.6 Å². The summed E-state index contributed by atoms with van der Waals surface area (Å²) in [7, 11) is -4.17. The van der Waals surface area contributed by atoms with Crippen molar-refractivity contribution < 1.29 is 30.5 Å². The van der Waals surface area contributed by atoms with Crippen LogP contribution in [0.25, 0.3) is 11.1 Å². The number of hydrogen-bond acceptors (Lipinski definition) is 4. The van der Waals surface area contributed by atoms with Crippen LogP contribution in [0, 0.1) is 0 Å². The van der Waals surface area contributed by atoms with E-state index < -0.39 is 21.4 Å². The van der Waals surface area contributed by atoms with Gasteiger partial charge in [0.25, 0.3) is 0 Å². The topological polar surface area (TPSA) is 52.6 Å². The summed E-state index contributed by atoms with van der Waals surface area (Å²) in [6.45, 7) is 0. The number of ether oxygens (including phenoxy) is 1. The van der Waals surface area contributed by atoms with Crippen molar-refractivity contribution in [3.8, 4) is 22.6 Å². The van der Waals surface area contributed by atoms with E-state index in [2.05, 4.69) is 4.18 Å². The first-order chi connectivity index (χ1) is 10.2. The van der Waals surface area contributed by atoms with Crippen LogP contribution in [0.1, 0.15) is 0 Å². The molecule has 22 heavy (non-hydrogen) atoms. The average molecular weight is 332 g/mol. The van der Waals surface area contributed by atoms with Crippen LogP contribution in [0.5, 0.6) is 11.5 Å². The zero-order valence-corrected chi connectivity index (χ0v) is 12.1. The maximum atomic E-state index is 12.3. The number of halogens is 3. The monoisotopic (exact) mass is 332 g/mol. The van der Waals surface area contributed by atoms with Crippen LogP contribution in [-0.2, 0) is 10.1 Å². The second kappa shape index (κ2) is 5.88. The third-order valence-electron chi connectivity index (χ3n) is 2.75. The molecule has 2 aromatic carbocycles. The first kappa shape index (κ1) is 16.2. The van der Waals surface area contributed by atoms with Gasteiger partial charge in [0.05, 0.1) is 7.11 Å². The molecule has 0 amide bonds. The predicted octanol–water partition coefficient (Wildman–Crippen LogP) is 3.59. The Hall–Kier alpha value is -2.22. The Morgan fingerprint density at radius 1 is 0.909 bits per heavy atom. The highest BCUT2D eigenvalue weighted by Gasteiger charge is 2.48. The normalized spacial score (nSPS) is 12.0. The van der Waals surface area contributed by atoms with E-state index in [1.54, 1.807) is 30.3 Å². The second-order valence-electron chi connectivity index (χ2n) is 4.24. The zero-order chi connectivity index (χ0) is 16.4. The van der Waals surface area contributed by atoms with Crippen molar-refractivity contribution in [1.82, 2.24) is 0 Å². The lowest BCUT2D eigenvalue weighted by molar-refractivity contribution is -0.0500. The predicted molar refractivity (Wildman–Crippen MR) is 74.0 cm³/mol. The Kier molecular flexibility index (Phi) is 4.32. The first-order valence-electron chi connectivity index (χ1n) is 5.98. The Morgan fingerprint density at radius 3 is 2.09 bits per heavy atom. The molecule has 0 saturated carbocycles. The van der Waals surface area contributed by atoms with Crippen molar-refractivity contribution in [2.45, 2.75) is 5.51 Å². The van der Waals surface area contributed by atoms with Gasteiger partial charge in [-0.1, -0.05) is 24.3 Å². The SMILES string of the molecule is COc1ccc(-c2cccc(OS(=O)(=O)C(F)(F)F)c2)cc1. The first-order valence-corrected chi connectivity index (χ1v) is 7.39. The quantitative estimate of drug-likeness (QED) is 0.634. The minimum absolute atomic E-state index is 0.411. The van der Waals surface area contributed by atoms with Crippen LogP contribution >= 0.6 is 0 Å². The Labute approximate surface area is 125 Å². The van der Waals surface area contributed by atoms with Crippen molar-refractivity contribution in [2.75, 3.05) is 7.11 Å². The maximum Gasteiger partial charge on any atom is 0.534 e. The van der Waals surface area contributed by atoms with Gasteiger partial charge in [0.15, 0.2) is 0 Å². The minimum Gasteiger partial charge on any atom is -0.497 e. The van der Waals surface area contributed by atoms with E-state index in [4.69, 9.17) is 4.74 Å². The molecule has 0 bridgehead atoms. The van der Waals surface area contributed by atoms with E-state index in [0.29, 0.717) is 16.9 Å². The second-order valence-corrected chi connectivity index (χ2v) is 5.78. The Bertz CT molecular complexity index is 752. The maximum absolute atomic E-state index is 12.3. The summed E-state index contributed by atoms with van der Waals surface area (Å²) in [6.07, 6.45) is 0. The van der Waals surface area contributed by atoms with Crippen LogP contribution in [-0.4, -0.2) is 21.0 Å². The van der Waals surface area contributed by atoms with Gasteiger partial charge in [0, 0.05) is 0 Å². The van der Waals surface area contributed by atoms with E-state index in [-0.39, 0.29) is 0 Å². The number of methoxy groups -OCH3 is 1. The van der Waals surface area contributed by atoms with Crippen LogP contribution in [0.2, 0.25) is 0 Å². The Morgan fingerprint density at radius 2 is 1.55 bits per heavy atom. The average Bonchev–Trinajstić information content (AvgIpc) is 2.46. The fourth-order valence-corrected chi connectivity index (χ4v) is 2.14. The van der Waals surface area contributed by atoms with Gasteiger partial charge in [0.2, 0.25) is 0 Å². The number of benzene rings is 2. The molecule has 0 atom stereocenters. The summed E-state index contributed by atoms with van der Waals surface area (Å²) in [5.74, 6) is 0.210. The third-order valence-corrected chi connectivity index (χ3v) is 3.73. The van der Waals surface area contributed by atoms with Crippen LogP contribution < -0.4 is 8.92 Å². The van der Waals surface area contributed by atoms with Gasteiger partial charge in [-0.05, 0) is 35.4 Å². The molecule has 118 valence electrons. The molecule has 2 rings (SSSR count). The molecule has 0 heterocycles. The van der Waals surface area contributed by atoms with Crippen molar-refractivity contribution in [1.29, 1.82) is 0 Å². The fraction of sp³-hybridized carbons (Fsp3) is 0.143. The number of alkyl halides is 3. The highest BCUT2D eigenvalue weighted by molar-refractivity contribution is 7.88. The molecule has 0 unspecified atom stereocenters. The summed E-state index contributed by atoms with van der Waals surface area (Å²) in [5, 5.41) is 0. The van der Waals surface area contributed by atoms with Gasteiger partial charge in [0.1, 0.15) is 11.5 Å². The molecule has 0 aliphatic rings. The molecule has 4 nitrogen and oxygen atoms in total. The minimum atomic E-state index is -5.68. The van der Waals surface area contributed by atoms with Crippen molar-refractivity contribution in [3.63, 3.8) is 0 Å². The zero-order valence-electron chi connectivity index (χ0n) is 11.3. The summed E-state index contributed by atoms with van der Waals surface area (Å²) in [4.78, 5) is 0. The molecule has 8 heteroatoms. The molecule has 0 spiro atoms. The number of hydrogen-bond donors (Lipinski definition) is 0. The molecule has 0 aromatic heterocycles. The highest BCUT2D eigenvalue weighted by atomic mass is 32.2. The summed E-state index contributed by atoms with van der Waals surface area (Å²) < 4.78 is 68.0. The Balaban J connectivity index is 2.30. The van der Waals surface area contributed by atoms with Crippen molar-refractivity contribution in [2.24, 2.45) is 0 Å². The van der Waals surface area contributed by atoms with Gasteiger partial charge in [-0.15, -0.1) is 0 Å². The lowest BCUT2D eigenvalue weighted by Gasteiger charge is -2.10. The van der Waals surface area contributed by atoms with Gasteiger partial charge in [-0.25, -0.2) is 0 Å². The molecule has 2 aromatic rings. The van der Waals surface area contributed by atoms with E-state index in [1.807, 2.05) is 0 Å². The molecule has 0 N–H and O–H groups in total. The van der Waals surface area contributed by atoms with Crippen LogP contribution in [0.3, 0.4) is 0 Å². The van der Waals surface area contributed by atoms with Crippen LogP contribution in [0.4, 0.5) is 13.2 Å². The lowest BCUT2D eigenvalue weighted by Crippen LogP contribution is -2.28. The van der Waals surface area contributed by atoms with E-state index in [1.165, 1.54) is 19.2 Å². The molecule has 0 saturated heterocycles. The molecular formula is C14H11F3O4S.